The lowest BCUT2D eigenvalue weighted by molar-refractivity contribution is -0.128. The Morgan fingerprint density at radius 2 is 2.27 bits per heavy atom. The minimum absolute atomic E-state index is 0.0371. The first kappa shape index (κ1) is 12.5. The van der Waals surface area contributed by atoms with Gasteiger partial charge < -0.3 is 10.4 Å². The molecule has 0 saturated heterocycles. The summed E-state index contributed by atoms with van der Waals surface area (Å²) in [6, 6.07) is -0.0751. The smallest absolute Gasteiger partial charge is 0.223 e. The summed E-state index contributed by atoms with van der Waals surface area (Å²) in [4.78, 5) is 12.0. The van der Waals surface area contributed by atoms with Crippen LogP contribution in [0.15, 0.2) is 0 Å². The van der Waals surface area contributed by atoms with Gasteiger partial charge in [0.15, 0.2) is 0 Å². The highest BCUT2D eigenvalue weighted by molar-refractivity contribution is 5.80. The van der Waals surface area contributed by atoms with Crippen LogP contribution >= 0.6 is 0 Å². The summed E-state index contributed by atoms with van der Waals surface area (Å²) in [7, 11) is 0. The van der Waals surface area contributed by atoms with Crippen LogP contribution in [0.5, 0.6) is 0 Å². The summed E-state index contributed by atoms with van der Waals surface area (Å²) >= 11 is 0. The van der Waals surface area contributed by atoms with Crippen LogP contribution in [0.3, 0.4) is 0 Å². The molecule has 0 heterocycles. The first-order valence-electron chi connectivity index (χ1n) is 5.92. The SMILES string of the molecule is CC[C@@H](CO)NC(=O)C1CCCC1(C)C. The molecule has 3 nitrogen and oxygen atoms in total. The third kappa shape index (κ3) is 2.94. The second-order valence-corrected chi connectivity index (χ2v) is 5.23. The van der Waals surface area contributed by atoms with Gasteiger partial charge in [-0.3, -0.25) is 4.79 Å². The van der Waals surface area contributed by atoms with Crippen molar-refractivity contribution in [2.75, 3.05) is 6.61 Å². The maximum absolute atomic E-state index is 12.0. The Balaban J connectivity index is 2.53. The molecule has 1 rings (SSSR count). The molecule has 1 unspecified atom stereocenters. The van der Waals surface area contributed by atoms with Crippen LogP contribution in [0.2, 0.25) is 0 Å². The van der Waals surface area contributed by atoms with Crippen LogP contribution in [-0.2, 0) is 4.79 Å². The van der Waals surface area contributed by atoms with Crippen molar-refractivity contribution in [2.45, 2.75) is 52.5 Å². The van der Waals surface area contributed by atoms with E-state index in [1.807, 2.05) is 6.92 Å². The van der Waals surface area contributed by atoms with Gasteiger partial charge in [-0.15, -0.1) is 0 Å². The van der Waals surface area contributed by atoms with E-state index in [1.54, 1.807) is 0 Å². The first-order valence-corrected chi connectivity index (χ1v) is 5.92. The average Bonchev–Trinajstić information content (AvgIpc) is 2.54. The van der Waals surface area contributed by atoms with Gasteiger partial charge in [0.25, 0.3) is 0 Å². The van der Waals surface area contributed by atoms with Crippen LogP contribution in [0.4, 0.5) is 0 Å². The van der Waals surface area contributed by atoms with Gasteiger partial charge in [-0.2, -0.15) is 0 Å². The highest BCUT2D eigenvalue weighted by atomic mass is 16.3. The predicted octanol–water partition coefficient (Wildman–Crippen LogP) is 1.70. The number of aliphatic hydroxyl groups excluding tert-OH is 1. The Morgan fingerprint density at radius 3 is 2.67 bits per heavy atom. The van der Waals surface area contributed by atoms with Crippen LogP contribution in [-0.4, -0.2) is 23.7 Å². The van der Waals surface area contributed by atoms with Crippen LogP contribution < -0.4 is 5.32 Å². The van der Waals surface area contributed by atoms with Crippen LogP contribution in [0.25, 0.3) is 0 Å². The topological polar surface area (TPSA) is 49.3 Å². The fourth-order valence-corrected chi connectivity index (χ4v) is 2.39. The molecular weight excluding hydrogens is 190 g/mol. The molecule has 3 heteroatoms. The second kappa shape index (κ2) is 4.97. The Labute approximate surface area is 92.3 Å². The van der Waals surface area contributed by atoms with E-state index < -0.39 is 0 Å². The molecule has 1 amide bonds. The highest BCUT2D eigenvalue weighted by Gasteiger charge is 2.39. The van der Waals surface area contributed by atoms with E-state index in [0.717, 1.165) is 25.7 Å². The van der Waals surface area contributed by atoms with Crippen molar-refractivity contribution >= 4 is 5.91 Å². The number of carbonyl (C=O) groups is 1. The molecular formula is C12H23NO2. The monoisotopic (exact) mass is 213 g/mol. The molecule has 0 aliphatic heterocycles. The molecule has 0 bridgehead atoms. The highest BCUT2D eigenvalue weighted by Crippen LogP contribution is 2.42. The Bertz CT molecular complexity index is 222. The molecule has 0 radical (unpaired) electrons. The molecule has 88 valence electrons. The third-order valence-corrected chi connectivity index (χ3v) is 3.63. The Hall–Kier alpha value is -0.570. The molecule has 2 N–H and O–H groups in total. The second-order valence-electron chi connectivity index (χ2n) is 5.23. The number of nitrogens with one attached hydrogen (secondary N) is 1. The van der Waals surface area contributed by atoms with E-state index in [9.17, 15) is 4.79 Å². The van der Waals surface area contributed by atoms with Crippen molar-refractivity contribution in [1.29, 1.82) is 0 Å². The molecule has 1 saturated carbocycles. The zero-order valence-electron chi connectivity index (χ0n) is 10.0. The van der Waals surface area contributed by atoms with Crippen LogP contribution in [0.1, 0.15) is 46.5 Å². The van der Waals surface area contributed by atoms with E-state index in [1.165, 1.54) is 0 Å². The number of hydrogen-bond donors (Lipinski definition) is 2. The van der Waals surface area contributed by atoms with E-state index in [4.69, 9.17) is 5.11 Å². The molecule has 15 heavy (non-hydrogen) atoms. The number of rotatable bonds is 4. The zero-order valence-corrected chi connectivity index (χ0v) is 10.0. The third-order valence-electron chi connectivity index (χ3n) is 3.63. The van der Waals surface area contributed by atoms with Gasteiger partial charge in [-0.25, -0.2) is 0 Å². The molecule has 1 aliphatic carbocycles. The minimum atomic E-state index is -0.0751. The summed E-state index contributed by atoms with van der Waals surface area (Å²) in [5, 5.41) is 12.0. The fraction of sp³-hybridized carbons (Fsp3) is 0.917. The van der Waals surface area contributed by atoms with Gasteiger partial charge in [0.05, 0.1) is 12.6 Å². The molecule has 1 aliphatic rings. The van der Waals surface area contributed by atoms with Crippen molar-refractivity contribution in [3.05, 3.63) is 0 Å². The summed E-state index contributed by atoms with van der Waals surface area (Å²) in [6.45, 7) is 6.32. The maximum atomic E-state index is 12.0. The van der Waals surface area contributed by atoms with Gasteiger partial charge in [0.2, 0.25) is 5.91 Å². The Kier molecular flexibility index (Phi) is 4.14. The van der Waals surface area contributed by atoms with E-state index in [2.05, 4.69) is 19.2 Å². The molecule has 2 atom stereocenters. The fourth-order valence-electron chi connectivity index (χ4n) is 2.39. The lowest BCUT2D eigenvalue weighted by Gasteiger charge is -2.27. The summed E-state index contributed by atoms with van der Waals surface area (Å²) in [5.74, 6) is 0.247. The molecule has 0 spiro atoms. The van der Waals surface area contributed by atoms with Gasteiger partial charge in [0.1, 0.15) is 0 Å². The summed E-state index contributed by atoms with van der Waals surface area (Å²) in [6.07, 6.45) is 4.04. The quantitative estimate of drug-likeness (QED) is 0.746. The van der Waals surface area contributed by atoms with Gasteiger partial charge in [-0.1, -0.05) is 27.2 Å². The van der Waals surface area contributed by atoms with Crippen molar-refractivity contribution in [3.63, 3.8) is 0 Å². The number of amides is 1. The van der Waals surface area contributed by atoms with Crippen LogP contribution in [0, 0.1) is 11.3 Å². The maximum Gasteiger partial charge on any atom is 0.223 e. The predicted molar refractivity (Wildman–Crippen MR) is 60.4 cm³/mol. The average molecular weight is 213 g/mol. The van der Waals surface area contributed by atoms with E-state index in [-0.39, 0.29) is 29.9 Å². The van der Waals surface area contributed by atoms with Crippen molar-refractivity contribution in [2.24, 2.45) is 11.3 Å². The normalized spacial score (nSPS) is 26.3. The van der Waals surface area contributed by atoms with Gasteiger partial charge in [-0.05, 0) is 24.7 Å². The minimum Gasteiger partial charge on any atom is -0.394 e. The van der Waals surface area contributed by atoms with Gasteiger partial charge >= 0.3 is 0 Å². The lowest BCUT2D eigenvalue weighted by Crippen LogP contribution is -2.43. The summed E-state index contributed by atoms with van der Waals surface area (Å²) in [5.41, 5.74) is 0.123. The molecule has 0 aromatic carbocycles. The first-order chi connectivity index (χ1) is 7.01. The molecule has 0 aromatic rings. The number of hydrogen-bond acceptors (Lipinski definition) is 2. The molecule has 0 aromatic heterocycles. The number of carbonyl (C=O) groups excluding carboxylic acids is 1. The van der Waals surface area contributed by atoms with Crippen molar-refractivity contribution in [3.8, 4) is 0 Å². The lowest BCUT2D eigenvalue weighted by atomic mass is 9.81. The largest absolute Gasteiger partial charge is 0.394 e. The van der Waals surface area contributed by atoms with Crippen molar-refractivity contribution in [1.82, 2.24) is 5.32 Å². The van der Waals surface area contributed by atoms with E-state index >= 15 is 0 Å². The van der Waals surface area contributed by atoms with Gasteiger partial charge in [0, 0.05) is 5.92 Å². The summed E-state index contributed by atoms with van der Waals surface area (Å²) < 4.78 is 0. The Morgan fingerprint density at radius 1 is 1.60 bits per heavy atom. The zero-order chi connectivity index (χ0) is 11.5. The van der Waals surface area contributed by atoms with Crippen molar-refractivity contribution < 1.29 is 9.90 Å². The number of aliphatic hydroxyl groups is 1. The van der Waals surface area contributed by atoms with E-state index in [0.29, 0.717) is 0 Å². The molecule has 1 fully saturated rings. The standard InChI is InChI=1S/C12H23NO2/c1-4-9(8-14)13-11(15)10-6-5-7-12(10,2)3/h9-10,14H,4-8H2,1-3H3,(H,13,15)/t9-,10?/m0/s1.